The highest BCUT2D eigenvalue weighted by atomic mass is 19.1. The number of nitrogens with one attached hydrogen (secondary N) is 1. The number of ether oxygens (including phenoxy) is 2. The van der Waals surface area contributed by atoms with Crippen LogP contribution in [0.1, 0.15) is 23.6 Å². The predicted octanol–water partition coefficient (Wildman–Crippen LogP) is 4.06. The Labute approximate surface area is 182 Å². The Hall–Kier alpha value is -2.73. The van der Waals surface area contributed by atoms with Gasteiger partial charge in [-0.05, 0) is 35.7 Å². The average Bonchev–Trinajstić information content (AvgIpc) is 3.11. The first-order chi connectivity index (χ1) is 15.1. The van der Waals surface area contributed by atoms with Crippen LogP contribution >= 0.6 is 0 Å². The third-order valence-electron chi connectivity index (χ3n) is 6.09. The summed E-state index contributed by atoms with van der Waals surface area (Å²) in [6.45, 7) is 1.49. The van der Waals surface area contributed by atoms with Gasteiger partial charge in [-0.15, -0.1) is 0 Å². The summed E-state index contributed by atoms with van der Waals surface area (Å²) in [6, 6.07) is 27.3. The van der Waals surface area contributed by atoms with Gasteiger partial charge in [0.25, 0.3) is 0 Å². The van der Waals surface area contributed by atoms with Crippen molar-refractivity contribution in [3.05, 3.63) is 102 Å². The normalized spacial score (nSPS) is 23.6. The number of aliphatic hydroxyl groups is 1. The molecule has 31 heavy (non-hydrogen) atoms. The summed E-state index contributed by atoms with van der Waals surface area (Å²) in [6.07, 6.45) is -2.59. The van der Waals surface area contributed by atoms with Gasteiger partial charge in [0.2, 0.25) is 0 Å². The number of methoxy groups -OCH3 is 1. The summed E-state index contributed by atoms with van der Waals surface area (Å²) < 4.78 is 26.4. The van der Waals surface area contributed by atoms with Gasteiger partial charge < -0.3 is 14.6 Å². The molecule has 162 valence electrons. The first kappa shape index (κ1) is 21.5. The van der Waals surface area contributed by atoms with E-state index in [9.17, 15) is 5.11 Å². The van der Waals surface area contributed by atoms with Gasteiger partial charge >= 0.3 is 0 Å². The monoisotopic (exact) mass is 421 g/mol. The maximum Gasteiger partial charge on any atom is 0.146 e. The summed E-state index contributed by atoms with van der Waals surface area (Å²) in [5, 5.41) is 13.2. The number of halogens is 1. The molecule has 4 nitrogen and oxygen atoms in total. The van der Waals surface area contributed by atoms with Crippen LogP contribution in [-0.4, -0.2) is 43.2 Å². The first-order valence-corrected chi connectivity index (χ1v) is 10.5. The smallest absolute Gasteiger partial charge is 0.146 e. The molecule has 0 amide bonds. The van der Waals surface area contributed by atoms with Crippen LogP contribution in [0.15, 0.2) is 84.9 Å². The molecule has 4 atom stereocenters. The van der Waals surface area contributed by atoms with Crippen LogP contribution in [0.5, 0.6) is 5.75 Å². The number of alkyl halides is 1. The van der Waals surface area contributed by atoms with Gasteiger partial charge in [-0.1, -0.05) is 72.8 Å². The summed E-state index contributed by atoms with van der Waals surface area (Å²) in [5.41, 5.74) is 2.10. The number of rotatable bonds is 7. The van der Waals surface area contributed by atoms with Crippen LogP contribution < -0.4 is 10.1 Å². The van der Waals surface area contributed by atoms with E-state index in [-0.39, 0.29) is 6.61 Å². The number of hydrogen-bond donors (Lipinski definition) is 2. The zero-order chi connectivity index (χ0) is 21.8. The van der Waals surface area contributed by atoms with E-state index in [2.05, 4.69) is 5.32 Å². The molecule has 0 radical (unpaired) electrons. The number of aliphatic hydroxyl groups excluding tert-OH is 1. The second-order valence-corrected chi connectivity index (χ2v) is 7.89. The third kappa shape index (κ3) is 3.97. The Balaban J connectivity index is 1.92. The minimum absolute atomic E-state index is 0.351. The molecule has 1 saturated heterocycles. The number of hydrogen-bond acceptors (Lipinski definition) is 4. The van der Waals surface area contributed by atoms with Gasteiger partial charge in [0.15, 0.2) is 0 Å². The second kappa shape index (κ2) is 9.18. The Kier molecular flexibility index (Phi) is 6.37. The Morgan fingerprint density at radius 3 is 1.87 bits per heavy atom. The maximum atomic E-state index is 15.3. The zero-order valence-corrected chi connectivity index (χ0v) is 17.7. The minimum atomic E-state index is -1.34. The fourth-order valence-electron chi connectivity index (χ4n) is 4.48. The molecule has 0 aromatic heterocycles. The average molecular weight is 422 g/mol. The molecular formula is C26H28FNO3. The fraction of sp³-hybridized carbons (Fsp3) is 0.308. The van der Waals surface area contributed by atoms with Crippen LogP contribution in [0.2, 0.25) is 0 Å². The van der Waals surface area contributed by atoms with Crippen molar-refractivity contribution in [3.8, 4) is 5.75 Å². The van der Waals surface area contributed by atoms with E-state index < -0.39 is 30.0 Å². The van der Waals surface area contributed by atoms with Crippen LogP contribution in [0, 0.1) is 0 Å². The van der Waals surface area contributed by atoms with E-state index in [1.165, 1.54) is 0 Å². The van der Waals surface area contributed by atoms with Crippen LogP contribution in [0.4, 0.5) is 4.39 Å². The number of benzene rings is 3. The van der Waals surface area contributed by atoms with Crippen molar-refractivity contribution in [2.24, 2.45) is 0 Å². The lowest BCUT2D eigenvalue weighted by atomic mass is 9.76. The summed E-state index contributed by atoms with van der Waals surface area (Å²) in [7, 11) is 1.63. The molecule has 3 aromatic rings. The molecule has 1 aliphatic rings. The van der Waals surface area contributed by atoms with Crippen molar-refractivity contribution in [3.63, 3.8) is 0 Å². The van der Waals surface area contributed by atoms with Crippen LogP contribution in [0.3, 0.4) is 0 Å². The topological polar surface area (TPSA) is 50.7 Å². The molecule has 1 heterocycles. The largest absolute Gasteiger partial charge is 0.497 e. The molecule has 0 unspecified atom stereocenters. The van der Waals surface area contributed by atoms with Crippen LogP contribution in [0.25, 0.3) is 0 Å². The molecule has 0 bridgehead atoms. The van der Waals surface area contributed by atoms with Gasteiger partial charge in [-0.25, -0.2) is 4.39 Å². The van der Waals surface area contributed by atoms with Gasteiger partial charge in [0, 0.05) is 0 Å². The lowest BCUT2D eigenvalue weighted by molar-refractivity contribution is 0.0000997. The standard InChI is InChI=1S/C26H28FNO3/c1-18-25(24(27)23(17-29)31-18)28-26(19-9-5-3-6-10-19,20-11-7-4-8-12-20)21-13-15-22(30-2)16-14-21/h3-16,18,23-25,28-29H,17H2,1-2H3/t18-,23+,24+,25-/m0/s1. The molecule has 5 heteroatoms. The Bertz CT molecular complexity index is 925. The molecule has 3 aromatic carbocycles. The summed E-state index contributed by atoms with van der Waals surface area (Å²) in [4.78, 5) is 0. The van der Waals surface area contributed by atoms with Crippen molar-refractivity contribution in [2.45, 2.75) is 36.9 Å². The maximum absolute atomic E-state index is 15.3. The first-order valence-electron chi connectivity index (χ1n) is 10.5. The van der Waals surface area contributed by atoms with E-state index in [1.54, 1.807) is 7.11 Å². The SMILES string of the molecule is COc1ccc(C(N[C@@H]2[C@H](F)[C@@H](CO)O[C@H]2C)(c2ccccc2)c2ccccc2)cc1. The van der Waals surface area contributed by atoms with Crippen LogP contribution in [-0.2, 0) is 10.3 Å². The highest BCUT2D eigenvalue weighted by Crippen LogP contribution is 2.40. The van der Waals surface area contributed by atoms with E-state index in [0.29, 0.717) is 0 Å². The van der Waals surface area contributed by atoms with E-state index in [0.717, 1.165) is 22.4 Å². The predicted molar refractivity (Wildman–Crippen MR) is 119 cm³/mol. The van der Waals surface area contributed by atoms with Crippen molar-refractivity contribution in [1.29, 1.82) is 0 Å². The van der Waals surface area contributed by atoms with Crippen molar-refractivity contribution < 1.29 is 19.0 Å². The molecule has 4 rings (SSSR count). The Morgan fingerprint density at radius 1 is 0.903 bits per heavy atom. The van der Waals surface area contributed by atoms with E-state index in [4.69, 9.17) is 9.47 Å². The zero-order valence-electron chi connectivity index (χ0n) is 17.7. The van der Waals surface area contributed by atoms with E-state index >= 15 is 4.39 Å². The lowest BCUT2D eigenvalue weighted by Crippen LogP contribution is -2.55. The van der Waals surface area contributed by atoms with Gasteiger partial charge in [0.1, 0.15) is 18.0 Å². The fourth-order valence-corrected chi connectivity index (χ4v) is 4.48. The lowest BCUT2D eigenvalue weighted by Gasteiger charge is -2.40. The van der Waals surface area contributed by atoms with Crippen molar-refractivity contribution >= 4 is 0 Å². The highest BCUT2D eigenvalue weighted by molar-refractivity contribution is 5.50. The van der Waals surface area contributed by atoms with Crippen molar-refractivity contribution in [1.82, 2.24) is 5.32 Å². The van der Waals surface area contributed by atoms with Gasteiger partial charge in [-0.3, -0.25) is 5.32 Å². The molecule has 0 aliphatic carbocycles. The second-order valence-electron chi connectivity index (χ2n) is 7.89. The quantitative estimate of drug-likeness (QED) is 0.565. The Morgan fingerprint density at radius 2 is 1.42 bits per heavy atom. The molecule has 0 saturated carbocycles. The summed E-state index contributed by atoms with van der Waals surface area (Å²) in [5.74, 6) is 0.750. The van der Waals surface area contributed by atoms with Gasteiger partial charge in [0.05, 0.1) is 31.4 Å². The molecule has 1 fully saturated rings. The summed E-state index contributed by atoms with van der Waals surface area (Å²) >= 11 is 0. The molecule has 1 aliphatic heterocycles. The van der Waals surface area contributed by atoms with E-state index in [1.807, 2.05) is 91.9 Å². The molecule has 0 spiro atoms. The highest BCUT2D eigenvalue weighted by Gasteiger charge is 2.48. The third-order valence-corrected chi connectivity index (χ3v) is 6.09. The molecular weight excluding hydrogens is 393 g/mol. The molecule has 2 N–H and O–H groups in total. The van der Waals surface area contributed by atoms with Crippen molar-refractivity contribution in [2.75, 3.05) is 13.7 Å². The van der Waals surface area contributed by atoms with Gasteiger partial charge in [-0.2, -0.15) is 0 Å². The minimum Gasteiger partial charge on any atom is -0.497 e.